The SMILES string of the molecule is CC1CC(C)CN(CCCN=C(N)NCCc2ccccc2)C1. The van der Waals surface area contributed by atoms with Gasteiger partial charge in [0.2, 0.25) is 0 Å². The fourth-order valence-electron chi connectivity index (χ4n) is 3.50. The van der Waals surface area contributed by atoms with E-state index in [4.69, 9.17) is 5.73 Å². The summed E-state index contributed by atoms with van der Waals surface area (Å²) in [5.74, 6) is 2.22. The molecule has 0 radical (unpaired) electrons. The van der Waals surface area contributed by atoms with Crippen molar-refractivity contribution in [3.05, 3.63) is 35.9 Å². The topological polar surface area (TPSA) is 53.6 Å². The standard InChI is InChI=1S/C19H32N4/c1-16-13-17(2)15-23(14-16)12-6-10-21-19(20)22-11-9-18-7-4-3-5-8-18/h3-5,7-8,16-17H,6,9-15H2,1-2H3,(H3,20,21,22). The molecular formula is C19H32N4. The van der Waals surface area contributed by atoms with Crippen LogP contribution in [0.2, 0.25) is 0 Å². The first kappa shape index (κ1) is 17.8. The smallest absolute Gasteiger partial charge is 0.188 e. The van der Waals surface area contributed by atoms with Gasteiger partial charge in [0, 0.05) is 26.2 Å². The molecular weight excluding hydrogens is 284 g/mol. The molecule has 0 saturated carbocycles. The number of rotatable bonds is 7. The molecule has 0 amide bonds. The Morgan fingerprint density at radius 1 is 1.22 bits per heavy atom. The molecule has 2 unspecified atom stereocenters. The summed E-state index contributed by atoms with van der Waals surface area (Å²) in [6.07, 6.45) is 3.42. The number of aliphatic imine (C=N–C) groups is 1. The van der Waals surface area contributed by atoms with Crippen LogP contribution in [0.5, 0.6) is 0 Å². The van der Waals surface area contributed by atoms with Crippen molar-refractivity contribution in [3.63, 3.8) is 0 Å². The molecule has 1 aromatic rings. The first-order valence-corrected chi connectivity index (χ1v) is 8.93. The largest absolute Gasteiger partial charge is 0.370 e. The van der Waals surface area contributed by atoms with Crippen LogP contribution in [-0.2, 0) is 6.42 Å². The number of guanidine groups is 1. The maximum atomic E-state index is 5.93. The quantitative estimate of drug-likeness (QED) is 0.462. The lowest BCUT2D eigenvalue weighted by Gasteiger charge is -2.34. The summed E-state index contributed by atoms with van der Waals surface area (Å²) in [4.78, 5) is 7.01. The zero-order valence-corrected chi connectivity index (χ0v) is 14.7. The van der Waals surface area contributed by atoms with Gasteiger partial charge in [0.25, 0.3) is 0 Å². The van der Waals surface area contributed by atoms with Crippen LogP contribution < -0.4 is 11.1 Å². The van der Waals surface area contributed by atoms with E-state index in [1.165, 1.54) is 25.1 Å². The van der Waals surface area contributed by atoms with E-state index in [1.54, 1.807) is 0 Å². The summed E-state index contributed by atoms with van der Waals surface area (Å²) in [5, 5.41) is 3.20. The van der Waals surface area contributed by atoms with Gasteiger partial charge in [0.05, 0.1) is 0 Å². The first-order chi connectivity index (χ1) is 11.1. The third kappa shape index (κ3) is 7.04. The van der Waals surface area contributed by atoms with Gasteiger partial charge in [0.1, 0.15) is 0 Å². The second-order valence-corrected chi connectivity index (χ2v) is 6.99. The number of nitrogens with two attached hydrogens (primary N) is 1. The van der Waals surface area contributed by atoms with Gasteiger partial charge < -0.3 is 16.0 Å². The number of nitrogens with one attached hydrogen (secondary N) is 1. The number of nitrogens with zero attached hydrogens (tertiary/aromatic N) is 2. The lowest BCUT2D eigenvalue weighted by molar-refractivity contribution is 0.140. The van der Waals surface area contributed by atoms with E-state index >= 15 is 0 Å². The summed E-state index contributed by atoms with van der Waals surface area (Å²) in [6.45, 7) is 9.96. The molecule has 1 aliphatic heterocycles. The molecule has 0 aromatic heterocycles. The second-order valence-electron chi connectivity index (χ2n) is 6.99. The maximum Gasteiger partial charge on any atom is 0.188 e. The summed E-state index contributed by atoms with van der Waals surface area (Å²) in [6, 6.07) is 10.4. The van der Waals surface area contributed by atoms with E-state index in [9.17, 15) is 0 Å². The van der Waals surface area contributed by atoms with Gasteiger partial charge in [-0.3, -0.25) is 4.99 Å². The lowest BCUT2D eigenvalue weighted by Crippen LogP contribution is -2.39. The van der Waals surface area contributed by atoms with Crippen molar-refractivity contribution in [3.8, 4) is 0 Å². The number of hydrogen-bond donors (Lipinski definition) is 2. The highest BCUT2D eigenvalue weighted by Crippen LogP contribution is 2.20. The van der Waals surface area contributed by atoms with Crippen molar-refractivity contribution < 1.29 is 0 Å². The zero-order valence-electron chi connectivity index (χ0n) is 14.7. The van der Waals surface area contributed by atoms with Crippen molar-refractivity contribution >= 4 is 5.96 Å². The van der Waals surface area contributed by atoms with Crippen LogP contribution in [0.1, 0.15) is 32.3 Å². The fraction of sp³-hybridized carbons (Fsp3) is 0.632. The minimum absolute atomic E-state index is 0.571. The molecule has 1 fully saturated rings. The number of hydrogen-bond acceptors (Lipinski definition) is 2. The lowest BCUT2D eigenvalue weighted by atomic mass is 9.92. The molecule has 2 atom stereocenters. The number of benzene rings is 1. The van der Waals surface area contributed by atoms with Crippen molar-refractivity contribution in [2.45, 2.75) is 33.1 Å². The van der Waals surface area contributed by atoms with Crippen molar-refractivity contribution in [1.29, 1.82) is 0 Å². The summed E-state index contributed by atoms with van der Waals surface area (Å²) in [7, 11) is 0. The highest BCUT2D eigenvalue weighted by Gasteiger charge is 2.20. The molecule has 3 N–H and O–H groups in total. The predicted molar refractivity (Wildman–Crippen MR) is 98.6 cm³/mol. The van der Waals surface area contributed by atoms with E-state index in [0.717, 1.165) is 44.3 Å². The van der Waals surface area contributed by atoms with Crippen LogP contribution in [0.15, 0.2) is 35.3 Å². The van der Waals surface area contributed by atoms with Crippen LogP contribution in [0.3, 0.4) is 0 Å². The summed E-state index contributed by atoms with van der Waals surface area (Å²) >= 11 is 0. The zero-order chi connectivity index (χ0) is 16.5. The molecule has 1 saturated heterocycles. The third-order valence-corrected chi connectivity index (χ3v) is 4.42. The van der Waals surface area contributed by atoms with Crippen LogP contribution in [0.4, 0.5) is 0 Å². The minimum Gasteiger partial charge on any atom is -0.370 e. The Bertz CT molecular complexity index is 462. The van der Waals surface area contributed by atoms with Gasteiger partial charge in [0.15, 0.2) is 5.96 Å². The van der Waals surface area contributed by atoms with Gasteiger partial charge in [-0.1, -0.05) is 44.2 Å². The predicted octanol–water partition coefficient (Wildman–Crippen LogP) is 2.50. The highest BCUT2D eigenvalue weighted by atomic mass is 15.1. The Balaban J connectivity index is 1.57. The monoisotopic (exact) mass is 316 g/mol. The number of likely N-dealkylation sites (tertiary alicyclic amines) is 1. The Morgan fingerprint density at radius 3 is 2.61 bits per heavy atom. The average molecular weight is 316 g/mol. The molecule has 1 aliphatic rings. The van der Waals surface area contributed by atoms with Crippen LogP contribution >= 0.6 is 0 Å². The Morgan fingerprint density at radius 2 is 1.91 bits per heavy atom. The van der Waals surface area contributed by atoms with Crippen LogP contribution in [0.25, 0.3) is 0 Å². The average Bonchev–Trinajstić information content (AvgIpc) is 2.52. The van der Waals surface area contributed by atoms with Gasteiger partial charge in [-0.2, -0.15) is 0 Å². The summed E-state index contributed by atoms with van der Waals surface area (Å²) in [5.41, 5.74) is 7.25. The van der Waals surface area contributed by atoms with E-state index in [-0.39, 0.29) is 0 Å². The Kier molecular flexibility index (Phi) is 7.40. The summed E-state index contributed by atoms with van der Waals surface area (Å²) < 4.78 is 0. The highest BCUT2D eigenvalue weighted by molar-refractivity contribution is 5.77. The van der Waals surface area contributed by atoms with Crippen LogP contribution in [0, 0.1) is 11.8 Å². The maximum absolute atomic E-state index is 5.93. The van der Waals surface area contributed by atoms with E-state index in [0.29, 0.717) is 5.96 Å². The number of piperidine rings is 1. The Hall–Kier alpha value is -1.55. The molecule has 128 valence electrons. The molecule has 0 bridgehead atoms. The van der Waals surface area contributed by atoms with Crippen molar-refractivity contribution in [2.24, 2.45) is 22.6 Å². The van der Waals surface area contributed by atoms with Gasteiger partial charge in [-0.05, 0) is 43.2 Å². The van der Waals surface area contributed by atoms with E-state index in [2.05, 4.69) is 53.3 Å². The molecule has 4 heteroatoms. The minimum atomic E-state index is 0.571. The normalized spacial score (nSPS) is 23.0. The molecule has 23 heavy (non-hydrogen) atoms. The van der Waals surface area contributed by atoms with Gasteiger partial charge in [-0.15, -0.1) is 0 Å². The molecule has 2 rings (SSSR count). The van der Waals surface area contributed by atoms with E-state index < -0.39 is 0 Å². The molecule has 1 heterocycles. The van der Waals surface area contributed by atoms with E-state index in [1.807, 2.05) is 6.07 Å². The molecule has 0 aliphatic carbocycles. The third-order valence-electron chi connectivity index (χ3n) is 4.42. The molecule has 0 spiro atoms. The molecule has 4 nitrogen and oxygen atoms in total. The van der Waals surface area contributed by atoms with Gasteiger partial charge >= 0.3 is 0 Å². The fourth-order valence-corrected chi connectivity index (χ4v) is 3.50. The van der Waals surface area contributed by atoms with Crippen molar-refractivity contribution in [2.75, 3.05) is 32.7 Å². The second kappa shape index (κ2) is 9.56. The van der Waals surface area contributed by atoms with Gasteiger partial charge in [-0.25, -0.2) is 0 Å². The Labute approximate surface area is 141 Å². The first-order valence-electron chi connectivity index (χ1n) is 8.93. The van der Waals surface area contributed by atoms with Crippen LogP contribution in [-0.4, -0.2) is 43.6 Å². The van der Waals surface area contributed by atoms with Crippen molar-refractivity contribution in [1.82, 2.24) is 10.2 Å². The molecule has 1 aromatic carbocycles.